The number of carboxylic acid groups (broad SMARTS) is 1. The maximum atomic E-state index is 12.9. The summed E-state index contributed by atoms with van der Waals surface area (Å²) in [5.74, 6) is -2.20. The van der Waals surface area contributed by atoms with E-state index in [0.717, 1.165) is 0 Å². The summed E-state index contributed by atoms with van der Waals surface area (Å²) < 4.78 is 74.0. The van der Waals surface area contributed by atoms with Gasteiger partial charge in [-0.25, -0.2) is 16.8 Å². The van der Waals surface area contributed by atoms with Crippen LogP contribution in [-0.4, -0.2) is 109 Å². The predicted molar refractivity (Wildman–Crippen MR) is 190 cm³/mol. The predicted octanol–water partition coefficient (Wildman–Crippen LogP) is 3.13. The van der Waals surface area contributed by atoms with Crippen molar-refractivity contribution >= 4 is 43.2 Å². The maximum Gasteiger partial charge on any atom is 0.317 e. The van der Waals surface area contributed by atoms with Crippen molar-refractivity contribution in [3.8, 4) is 0 Å². The zero-order valence-corrected chi connectivity index (χ0v) is 33.5. The third-order valence-electron chi connectivity index (χ3n) is 10.3. The minimum Gasteiger partial charge on any atom is -0.481 e. The van der Waals surface area contributed by atoms with Crippen molar-refractivity contribution in [3.63, 3.8) is 0 Å². The molecule has 16 nitrogen and oxygen atoms in total. The van der Waals surface area contributed by atoms with Gasteiger partial charge in [0.05, 0.1) is 30.5 Å². The van der Waals surface area contributed by atoms with E-state index in [1.165, 1.54) is 60.8 Å². The molecule has 0 unspecified atom stereocenters. The zero-order chi connectivity index (χ0) is 40.2. The number of nitrogens with zero attached hydrogens (tertiary/aromatic N) is 2. The van der Waals surface area contributed by atoms with E-state index in [9.17, 15) is 41.1 Å². The van der Waals surface area contributed by atoms with Crippen LogP contribution in [0.2, 0.25) is 0 Å². The van der Waals surface area contributed by atoms with E-state index in [2.05, 4.69) is 10.3 Å². The molecule has 0 aliphatic carbocycles. The maximum absolute atomic E-state index is 12.9. The fourth-order valence-electron chi connectivity index (χ4n) is 5.72. The Morgan fingerprint density at radius 2 is 1.02 bits per heavy atom. The van der Waals surface area contributed by atoms with Gasteiger partial charge < -0.3 is 28.4 Å². The lowest BCUT2D eigenvalue weighted by molar-refractivity contribution is -0.146. The summed E-state index contributed by atoms with van der Waals surface area (Å²) in [5.41, 5.74) is -1.81. The number of hydrogen-bond acceptors (Lipinski definition) is 15. The summed E-state index contributed by atoms with van der Waals surface area (Å²) in [6.45, 7) is 13.3. The Morgan fingerprint density at radius 3 is 1.34 bits per heavy atom. The second-order valence-electron chi connectivity index (χ2n) is 15.3. The highest BCUT2D eigenvalue weighted by Crippen LogP contribution is 2.32. The SMILES string of the molecule is CC(C)(C(=O)O)c1cc(CC(=O)C(C)(C)S(=O)(=O)C2CCOCC2)on1.COC(=O)C(C)(C)c1cc(CC(=O)C(C)(C)S(=O)(=O)C2CCOCC2)on1. The fourth-order valence-corrected chi connectivity index (χ4v) is 9.79. The van der Waals surface area contributed by atoms with Crippen molar-refractivity contribution in [3.05, 3.63) is 35.0 Å². The number of carbonyl (C=O) groups excluding carboxylic acids is 3. The summed E-state index contributed by atoms with van der Waals surface area (Å²) >= 11 is 0. The van der Waals surface area contributed by atoms with Gasteiger partial charge in [0.1, 0.15) is 43.2 Å². The Kier molecular flexibility index (Phi) is 13.7. The van der Waals surface area contributed by atoms with Crippen molar-refractivity contribution in [2.75, 3.05) is 33.5 Å². The first-order valence-electron chi connectivity index (χ1n) is 17.3. The molecular weight excluding hydrogens is 737 g/mol. The van der Waals surface area contributed by atoms with Crippen LogP contribution in [0.25, 0.3) is 0 Å². The quantitative estimate of drug-likeness (QED) is 0.271. The van der Waals surface area contributed by atoms with Gasteiger partial charge in [-0.2, -0.15) is 0 Å². The van der Waals surface area contributed by atoms with Gasteiger partial charge in [0.2, 0.25) is 0 Å². The van der Waals surface area contributed by atoms with Gasteiger partial charge in [0, 0.05) is 38.6 Å². The number of aliphatic carboxylic acids is 1. The monoisotopic (exact) mass is 788 g/mol. The fraction of sp³-hybridized carbons (Fsp3) is 0.714. The molecule has 298 valence electrons. The number of carbonyl (C=O) groups is 4. The first-order chi connectivity index (χ1) is 24.3. The number of methoxy groups -OCH3 is 1. The Morgan fingerprint density at radius 1 is 0.679 bits per heavy atom. The molecule has 2 fully saturated rings. The number of aromatic nitrogens is 2. The summed E-state index contributed by atoms with van der Waals surface area (Å²) in [6.07, 6.45) is 1.03. The van der Waals surface area contributed by atoms with E-state index in [1.807, 2.05) is 0 Å². The lowest BCUT2D eigenvalue weighted by Crippen LogP contribution is -2.48. The lowest BCUT2D eigenvalue weighted by atomic mass is 9.89. The van der Waals surface area contributed by atoms with Crippen LogP contribution >= 0.6 is 0 Å². The molecule has 0 atom stereocenters. The number of ketones is 2. The molecule has 0 saturated carbocycles. The van der Waals surface area contributed by atoms with Crippen LogP contribution in [0.5, 0.6) is 0 Å². The summed E-state index contributed by atoms with van der Waals surface area (Å²) in [4.78, 5) is 48.6. The number of Topliss-reactive ketones (excluding diaryl/α,β-unsaturated/α-hetero) is 2. The van der Waals surface area contributed by atoms with Crippen LogP contribution < -0.4 is 0 Å². The molecule has 0 bridgehead atoms. The van der Waals surface area contributed by atoms with Crippen molar-refractivity contribution in [1.29, 1.82) is 0 Å². The standard InChI is InChI=1S/C18H27NO7S.C17H25NO7S/c1-17(2,16(21)24-5)14-10-12(26-19-14)11-15(20)18(3,4)27(22,23)13-6-8-25-9-7-13;1-16(2,15(20)21)13-9-11(25-18-13)10-14(19)17(3,4)26(22,23)12-5-7-24-8-6-12/h10,13H,6-9,11H2,1-5H3;9,12H,5-8,10H2,1-4H3,(H,20,21). The molecule has 18 heteroatoms. The van der Waals surface area contributed by atoms with Crippen molar-refractivity contribution in [2.24, 2.45) is 0 Å². The van der Waals surface area contributed by atoms with Gasteiger partial charge in [0.25, 0.3) is 0 Å². The Balaban J connectivity index is 0.000000286. The van der Waals surface area contributed by atoms with Crippen LogP contribution in [0.15, 0.2) is 21.2 Å². The van der Waals surface area contributed by atoms with Crippen LogP contribution in [0.3, 0.4) is 0 Å². The molecule has 0 radical (unpaired) electrons. The highest BCUT2D eigenvalue weighted by molar-refractivity contribution is 7.94. The van der Waals surface area contributed by atoms with Crippen LogP contribution in [0, 0.1) is 0 Å². The van der Waals surface area contributed by atoms with Gasteiger partial charge in [-0.05, 0) is 81.1 Å². The molecule has 2 aliphatic heterocycles. The van der Waals surface area contributed by atoms with Gasteiger partial charge in [-0.15, -0.1) is 0 Å². The average molecular weight is 789 g/mol. The van der Waals surface area contributed by atoms with Crippen LogP contribution in [0.1, 0.15) is 104 Å². The highest BCUT2D eigenvalue weighted by Gasteiger charge is 2.48. The van der Waals surface area contributed by atoms with Gasteiger partial charge in [-0.1, -0.05) is 10.3 Å². The van der Waals surface area contributed by atoms with E-state index in [-0.39, 0.29) is 30.1 Å². The molecule has 2 aromatic rings. The number of esters is 1. The first-order valence-corrected chi connectivity index (χ1v) is 20.4. The second-order valence-corrected chi connectivity index (χ2v) is 20.9. The molecule has 2 aromatic heterocycles. The number of carboxylic acids is 1. The normalized spacial score (nSPS) is 17.1. The smallest absolute Gasteiger partial charge is 0.317 e. The molecular formula is C35H52N2O14S2. The number of ether oxygens (including phenoxy) is 3. The van der Waals surface area contributed by atoms with Crippen molar-refractivity contribution < 1.29 is 64.4 Å². The molecule has 2 aliphatic rings. The van der Waals surface area contributed by atoms with Crippen LogP contribution in [-0.2, 0) is 76.7 Å². The average Bonchev–Trinajstić information content (AvgIpc) is 3.79. The Bertz CT molecular complexity index is 1860. The molecule has 2 saturated heterocycles. The van der Waals surface area contributed by atoms with Gasteiger partial charge in [-0.3, -0.25) is 19.2 Å². The molecule has 1 N–H and O–H groups in total. The van der Waals surface area contributed by atoms with Crippen molar-refractivity contribution in [2.45, 2.75) is 125 Å². The first kappa shape index (κ1) is 43.9. The lowest BCUT2D eigenvalue weighted by Gasteiger charge is -2.30. The molecule has 4 rings (SSSR count). The van der Waals surface area contributed by atoms with Gasteiger partial charge >= 0.3 is 11.9 Å². The van der Waals surface area contributed by atoms with E-state index in [0.29, 0.717) is 57.8 Å². The zero-order valence-electron chi connectivity index (χ0n) is 31.8. The van der Waals surface area contributed by atoms with E-state index >= 15 is 0 Å². The van der Waals surface area contributed by atoms with E-state index in [4.69, 9.17) is 23.3 Å². The summed E-state index contributed by atoms with van der Waals surface area (Å²) in [6, 6.07) is 2.88. The number of rotatable bonds is 14. The Labute approximate surface area is 310 Å². The topological polar surface area (TPSA) is 237 Å². The second kappa shape index (κ2) is 16.5. The minimum absolute atomic E-state index is 0.148. The third-order valence-corrected chi connectivity index (χ3v) is 16.3. The molecule has 0 amide bonds. The number of hydrogen-bond donors (Lipinski definition) is 1. The third kappa shape index (κ3) is 9.25. The molecule has 4 heterocycles. The van der Waals surface area contributed by atoms with E-state index < -0.39 is 74.0 Å². The van der Waals surface area contributed by atoms with Gasteiger partial charge in [0.15, 0.2) is 31.2 Å². The highest BCUT2D eigenvalue weighted by atomic mass is 32.2. The van der Waals surface area contributed by atoms with Crippen LogP contribution in [0.4, 0.5) is 0 Å². The van der Waals surface area contributed by atoms with E-state index in [1.54, 1.807) is 13.8 Å². The summed E-state index contributed by atoms with van der Waals surface area (Å²) in [5, 5.41) is 15.6. The summed E-state index contributed by atoms with van der Waals surface area (Å²) in [7, 11) is -6.11. The van der Waals surface area contributed by atoms with Crippen molar-refractivity contribution in [1.82, 2.24) is 10.3 Å². The molecule has 0 spiro atoms. The Hall–Kier alpha value is -3.48. The number of sulfone groups is 2. The minimum atomic E-state index is -3.70. The largest absolute Gasteiger partial charge is 0.481 e. The molecule has 53 heavy (non-hydrogen) atoms. The molecule has 0 aromatic carbocycles.